The molecule has 2 heterocycles. The summed E-state index contributed by atoms with van der Waals surface area (Å²) in [7, 11) is 0. The first-order valence-electron chi connectivity index (χ1n) is 12.1. The molecule has 9 heteroatoms. The van der Waals surface area contributed by atoms with Gasteiger partial charge in [0.15, 0.2) is 11.6 Å². The number of rotatable bonds is 8. The molecule has 1 amide bonds. The van der Waals surface area contributed by atoms with Crippen LogP contribution in [0.25, 0.3) is 10.9 Å². The maximum atomic E-state index is 14.8. The number of hydrogen-bond acceptors (Lipinski definition) is 6. The first kappa shape index (κ1) is 23.9. The Balaban J connectivity index is 1.70. The molecule has 0 aliphatic heterocycles. The number of halogens is 1. The summed E-state index contributed by atoms with van der Waals surface area (Å²) in [5, 5.41) is 12.2. The van der Waals surface area contributed by atoms with Gasteiger partial charge in [-0.2, -0.15) is 5.10 Å². The number of primary amides is 1. The molecule has 0 bridgehead atoms. The standard InChI is InChI=1S/C25H34FN7O/c1-4-11-33-21-10-9-15(12-16(21)22(32-33)14(2)3)29-24-17(23(28)34)13-18(26)25(31-24)30-20-8-6-5-7-19(20)27/h9-10,12-14,19-20H,4-8,11,27H2,1-3H3,(H2,28,34)(H2,29,30,31)/t19-,20+/m0/s1. The number of hydrogen-bond donors (Lipinski definition) is 4. The van der Waals surface area contributed by atoms with Crippen molar-refractivity contribution in [1.82, 2.24) is 14.8 Å². The summed E-state index contributed by atoms with van der Waals surface area (Å²) in [5.74, 6) is -0.872. The topological polar surface area (TPSA) is 124 Å². The Morgan fingerprint density at radius 3 is 2.68 bits per heavy atom. The zero-order valence-corrected chi connectivity index (χ0v) is 20.1. The number of carbonyl (C=O) groups excluding carboxylic acids is 1. The van der Waals surface area contributed by atoms with Crippen molar-refractivity contribution >= 4 is 34.1 Å². The SMILES string of the molecule is CCCn1nc(C(C)C)c2cc(Nc3nc(N[C@@H]4CCCC[C@@H]4N)c(F)cc3C(N)=O)ccc21. The van der Waals surface area contributed by atoms with Crippen LogP contribution in [0.3, 0.4) is 0 Å². The van der Waals surface area contributed by atoms with Crippen LogP contribution in [-0.2, 0) is 6.54 Å². The van der Waals surface area contributed by atoms with Crippen LogP contribution < -0.4 is 22.1 Å². The van der Waals surface area contributed by atoms with Gasteiger partial charge in [-0.05, 0) is 49.4 Å². The smallest absolute Gasteiger partial charge is 0.252 e. The van der Waals surface area contributed by atoms with E-state index in [0.29, 0.717) is 5.69 Å². The highest BCUT2D eigenvalue weighted by atomic mass is 19.1. The predicted octanol–water partition coefficient (Wildman–Crippen LogP) is 4.63. The van der Waals surface area contributed by atoms with Crippen molar-refractivity contribution in [2.24, 2.45) is 11.5 Å². The average Bonchev–Trinajstić information content (AvgIpc) is 3.15. The Kier molecular flexibility index (Phi) is 7.02. The number of carbonyl (C=O) groups is 1. The molecule has 8 nitrogen and oxygen atoms in total. The van der Waals surface area contributed by atoms with Crippen molar-refractivity contribution in [3.8, 4) is 0 Å². The van der Waals surface area contributed by atoms with Crippen molar-refractivity contribution in [3.63, 3.8) is 0 Å². The first-order chi connectivity index (χ1) is 16.3. The number of anilines is 3. The van der Waals surface area contributed by atoms with Gasteiger partial charge >= 0.3 is 0 Å². The molecule has 0 spiro atoms. The van der Waals surface area contributed by atoms with Gasteiger partial charge in [0.05, 0.1) is 16.8 Å². The normalized spacial score (nSPS) is 18.4. The predicted molar refractivity (Wildman–Crippen MR) is 134 cm³/mol. The molecule has 1 aliphatic carbocycles. The van der Waals surface area contributed by atoms with E-state index in [0.717, 1.165) is 61.3 Å². The molecule has 3 aromatic rings. The highest BCUT2D eigenvalue weighted by Gasteiger charge is 2.24. The quantitative estimate of drug-likeness (QED) is 0.383. The van der Waals surface area contributed by atoms with Crippen LogP contribution in [0, 0.1) is 5.82 Å². The minimum Gasteiger partial charge on any atom is -0.365 e. The van der Waals surface area contributed by atoms with Crippen molar-refractivity contribution in [2.75, 3.05) is 10.6 Å². The lowest BCUT2D eigenvalue weighted by Gasteiger charge is -2.30. The Bertz CT molecular complexity index is 1190. The van der Waals surface area contributed by atoms with E-state index in [-0.39, 0.29) is 35.2 Å². The average molecular weight is 468 g/mol. The maximum Gasteiger partial charge on any atom is 0.252 e. The lowest BCUT2D eigenvalue weighted by Crippen LogP contribution is -2.43. The van der Waals surface area contributed by atoms with Gasteiger partial charge in [-0.15, -0.1) is 0 Å². The van der Waals surface area contributed by atoms with Crippen molar-refractivity contribution in [1.29, 1.82) is 0 Å². The molecule has 0 radical (unpaired) electrons. The van der Waals surface area contributed by atoms with Crippen molar-refractivity contribution in [3.05, 3.63) is 41.3 Å². The molecule has 1 aromatic carbocycles. The van der Waals surface area contributed by atoms with Crippen LogP contribution >= 0.6 is 0 Å². The summed E-state index contributed by atoms with van der Waals surface area (Å²) in [6.45, 7) is 7.17. The fourth-order valence-electron chi connectivity index (χ4n) is 4.61. The second kappa shape index (κ2) is 9.97. The molecule has 182 valence electrons. The first-order valence-corrected chi connectivity index (χ1v) is 12.1. The zero-order chi connectivity index (χ0) is 24.4. The summed E-state index contributed by atoms with van der Waals surface area (Å²) in [6.07, 6.45) is 4.81. The molecular formula is C25H34FN7O. The number of amides is 1. The van der Waals surface area contributed by atoms with Gasteiger partial charge in [0.1, 0.15) is 5.82 Å². The highest BCUT2D eigenvalue weighted by molar-refractivity contribution is 5.99. The second-order valence-corrected chi connectivity index (χ2v) is 9.40. The summed E-state index contributed by atoms with van der Waals surface area (Å²) in [4.78, 5) is 16.5. The van der Waals surface area contributed by atoms with Crippen LogP contribution in [0.1, 0.15) is 74.8 Å². The Morgan fingerprint density at radius 2 is 2.00 bits per heavy atom. The third-order valence-electron chi connectivity index (χ3n) is 6.41. The van der Waals surface area contributed by atoms with E-state index < -0.39 is 11.7 Å². The Morgan fingerprint density at radius 1 is 1.24 bits per heavy atom. The van der Waals surface area contributed by atoms with Gasteiger partial charge in [-0.25, -0.2) is 9.37 Å². The number of benzene rings is 1. The van der Waals surface area contributed by atoms with Crippen LogP contribution in [-0.4, -0.2) is 32.8 Å². The number of aromatic nitrogens is 3. The van der Waals surface area contributed by atoms with Gasteiger partial charge in [-0.1, -0.05) is 33.6 Å². The molecule has 2 aromatic heterocycles. The number of fused-ring (bicyclic) bond motifs is 1. The molecule has 0 saturated heterocycles. The zero-order valence-electron chi connectivity index (χ0n) is 20.1. The molecule has 1 fully saturated rings. The maximum absolute atomic E-state index is 14.8. The third-order valence-corrected chi connectivity index (χ3v) is 6.41. The highest BCUT2D eigenvalue weighted by Crippen LogP contribution is 2.31. The summed E-state index contributed by atoms with van der Waals surface area (Å²) < 4.78 is 16.8. The van der Waals surface area contributed by atoms with E-state index in [1.165, 1.54) is 0 Å². The molecule has 1 aliphatic rings. The lowest BCUT2D eigenvalue weighted by molar-refractivity contribution is 0.100. The Hall–Kier alpha value is -3.20. The molecule has 6 N–H and O–H groups in total. The van der Waals surface area contributed by atoms with Gasteiger partial charge in [0.2, 0.25) is 0 Å². The van der Waals surface area contributed by atoms with Crippen LogP contribution in [0.4, 0.5) is 21.7 Å². The molecule has 1 saturated carbocycles. The van der Waals surface area contributed by atoms with Crippen LogP contribution in [0.5, 0.6) is 0 Å². The number of aryl methyl sites for hydroxylation is 1. The summed E-state index contributed by atoms with van der Waals surface area (Å²) in [6, 6.07) is 6.88. The molecule has 2 atom stereocenters. The minimum absolute atomic E-state index is 0.0122. The van der Waals surface area contributed by atoms with E-state index >= 15 is 0 Å². The van der Waals surface area contributed by atoms with E-state index in [1.54, 1.807) is 0 Å². The van der Waals surface area contributed by atoms with Gasteiger partial charge < -0.3 is 22.1 Å². The number of nitrogens with zero attached hydrogens (tertiary/aromatic N) is 3. The molecule has 34 heavy (non-hydrogen) atoms. The van der Waals surface area contributed by atoms with Crippen molar-refractivity contribution < 1.29 is 9.18 Å². The fourth-order valence-corrected chi connectivity index (χ4v) is 4.61. The lowest BCUT2D eigenvalue weighted by atomic mass is 9.91. The summed E-state index contributed by atoms with van der Waals surface area (Å²) in [5.41, 5.74) is 14.5. The second-order valence-electron chi connectivity index (χ2n) is 9.40. The van der Waals surface area contributed by atoms with Gasteiger partial charge in [-0.3, -0.25) is 9.48 Å². The molecule has 4 rings (SSSR count). The van der Waals surface area contributed by atoms with E-state index in [4.69, 9.17) is 16.6 Å². The number of nitrogens with one attached hydrogen (secondary N) is 2. The van der Waals surface area contributed by atoms with Crippen LogP contribution in [0.15, 0.2) is 24.3 Å². The van der Waals surface area contributed by atoms with E-state index in [9.17, 15) is 9.18 Å². The summed E-state index contributed by atoms with van der Waals surface area (Å²) >= 11 is 0. The molecule has 0 unspecified atom stereocenters. The largest absolute Gasteiger partial charge is 0.365 e. The molecular weight excluding hydrogens is 433 g/mol. The van der Waals surface area contributed by atoms with Gasteiger partial charge in [0.25, 0.3) is 5.91 Å². The Labute approximate surface area is 199 Å². The van der Waals surface area contributed by atoms with E-state index in [2.05, 4.69) is 36.4 Å². The minimum atomic E-state index is -0.755. The monoisotopic (exact) mass is 467 g/mol. The van der Waals surface area contributed by atoms with Crippen molar-refractivity contribution in [2.45, 2.75) is 77.4 Å². The fraction of sp³-hybridized carbons (Fsp3) is 0.480. The van der Waals surface area contributed by atoms with Gasteiger partial charge in [0, 0.05) is 29.7 Å². The van der Waals surface area contributed by atoms with Crippen LogP contribution in [0.2, 0.25) is 0 Å². The number of nitrogens with two attached hydrogens (primary N) is 2. The third kappa shape index (κ3) is 4.84. The number of pyridine rings is 1. The van der Waals surface area contributed by atoms with E-state index in [1.807, 2.05) is 22.9 Å².